The number of carboxylic acid groups (broad SMARTS) is 1. The first kappa shape index (κ1) is 18.2. The molecule has 0 spiro atoms. The number of carbonyl (C=O) groups is 1. The van der Waals surface area contributed by atoms with Gasteiger partial charge in [0.1, 0.15) is 0 Å². The highest BCUT2D eigenvalue weighted by Gasteiger charge is 1.95. The van der Waals surface area contributed by atoms with Gasteiger partial charge in [-0.15, -0.1) is 0 Å². The molecule has 0 saturated heterocycles. The maximum atomic E-state index is 10.3. The summed E-state index contributed by atoms with van der Waals surface area (Å²) in [5, 5.41) is 8.49. The second-order valence-corrected chi connectivity index (χ2v) is 5.37. The molecule has 0 aliphatic heterocycles. The molecule has 0 rings (SSSR count). The van der Waals surface area contributed by atoms with Crippen LogP contribution in [0.5, 0.6) is 0 Å². The standard InChI is InChI=1S/C17H32O2/c1-2-3-4-5-6-7-8-9-10-11-12-13-14-15-16-17(18)19/h10-11H,2-9,12-16H2,1H3,(H,18,19)/b11-10-. The van der Waals surface area contributed by atoms with Crippen molar-refractivity contribution in [1.29, 1.82) is 0 Å². The van der Waals surface area contributed by atoms with Crippen LogP contribution in [-0.4, -0.2) is 11.1 Å². The van der Waals surface area contributed by atoms with Gasteiger partial charge in [-0.1, -0.05) is 64.0 Å². The summed E-state index contributed by atoms with van der Waals surface area (Å²) in [4.78, 5) is 10.3. The van der Waals surface area contributed by atoms with Crippen molar-refractivity contribution in [3.63, 3.8) is 0 Å². The number of unbranched alkanes of at least 4 members (excludes halogenated alkanes) is 10. The number of hydrogen-bond acceptors (Lipinski definition) is 1. The molecule has 1 N–H and O–H groups in total. The predicted octanol–water partition coefficient (Wildman–Crippen LogP) is 5.72. The molecule has 0 aliphatic rings. The van der Waals surface area contributed by atoms with Crippen LogP contribution in [0.3, 0.4) is 0 Å². The van der Waals surface area contributed by atoms with Gasteiger partial charge in [0.15, 0.2) is 0 Å². The zero-order chi connectivity index (χ0) is 14.2. The van der Waals surface area contributed by atoms with Gasteiger partial charge in [-0.3, -0.25) is 4.79 Å². The molecule has 0 atom stereocenters. The predicted molar refractivity (Wildman–Crippen MR) is 82.5 cm³/mol. The number of carboxylic acids is 1. The van der Waals surface area contributed by atoms with Crippen LogP contribution in [0, 0.1) is 0 Å². The first-order chi connectivity index (χ1) is 9.27. The van der Waals surface area contributed by atoms with Gasteiger partial charge in [0, 0.05) is 6.42 Å². The number of hydrogen-bond donors (Lipinski definition) is 1. The van der Waals surface area contributed by atoms with E-state index in [-0.39, 0.29) is 0 Å². The van der Waals surface area contributed by atoms with Gasteiger partial charge < -0.3 is 5.11 Å². The van der Waals surface area contributed by atoms with E-state index in [1.165, 1.54) is 51.4 Å². The van der Waals surface area contributed by atoms with E-state index in [0.717, 1.165) is 25.7 Å². The minimum Gasteiger partial charge on any atom is -0.481 e. The van der Waals surface area contributed by atoms with Crippen LogP contribution in [0.1, 0.15) is 90.4 Å². The fourth-order valence-corrected chi connectivity index (χ4v) is 2.17. The Kier molecular flexibility index (Phi) is 14.6. The highest BCUT2D eigenvalue weighted by atomic mass is 16.4. The molecule has 0 aromatic carbocycles. The summed E-state index contributed by atoms with van der Waals surface area (Å²) in [5.41, 5.74) is 0. The lowest BCUT2D eigenvalue weighted by Crippen LogP contribution is -1.93. The van der Waals surface area contributed by atoms with Crippen molar-refractivity contribution in [3.05, 3.63) is 12.2 Å². The smallest absolute Gasteiger partial charge is 0.303 e. The lowest BCUT2D eigenvalue weighted by Gasteiger charge is -1.99. The second-order valence-electron chi connectivity index (χ2n) is 5.37. The third-order valence-electron chi connectivity index (χ3n) is 3.40. The molecule has 0 amide bonds. The van der Waals surface area contributed by atoms with Gasteiger partial charge >= 0.3 is 5.97 Å². The summed E-state index contributed by atoms with van der Waals surface area (Å²) in [5.74, 6) is -0.672. The molecule has 0 fully saturated rings. The van der Waals surface area contributed by atoms with Crippen molar-refractivity contribution in [1.82, 2.24) is 0 Å². The number of rotatable bonds is 14. The van der Waals surface area contributed by atoms with Gasteiger partial charge in [-0.25, -0.2) is 0 Å². The highest BCUT2D eigenvalue weighted by molar-refractivity contribution is 5.66. The maximum absolute atomic E-state index is 10.3. The van der Waals surface area contributed by atoms with Crippen LogP contribution in [0.15, 0.2) is 12.2 Å². The zero-order valence-electron chi connectivity index (χ0n) is 12.7. The summed E-state index contributed by atoms with van der Waals surface area (Å²) in [6.07, 6.45) is 19.8. The lowest BCUT2D eigenvalue weighted by molar-refractivity contribution is -0.137. The summed E-state index contributed by atoms with van der Waals surface area (Å²) >= 11 is 0. The van der Waals surface area contributed by atoms with Gasteiger partial charge in [-0.2, -0.15) is 0 Å². The largest absolute Gasteiger partial charge is 0.481 e. The van der Waals surface area contributed by atoms with Crippen LogP contribution in [0.2, 0.25) is 0 Å². The molecule has 0 unspecified atom stereocenters. The Morgan fingerprint density at radius 2 is 1.26 bits per heavy atom. The molecule has 2 nitrogen and oxygen atoms in total. The molecule has 0 saturated carbocycles. The molecule has 0 heterocycles. The van der Waals surface area contributed by atoms with Crippen molar-refractivity contribution < 1.29 is 9.90 Å². The van der Waals surface area contributed by atoms with Crippen molar-refractivity contribution >= 4 is 5.97 Å². The summed E-state index contributed by atoms with van der Waals surface area (Å²) < 4.78 is 0. The Bertz CT molecular complexity index is 221. The van der Waals surface area contributed by atoms with E-state index < -0.39 is 5.97 Å². The van der Waals surface area contributed by atoms with E-state index in [0.29, 0.717) is 6.42 Å². The minimum atomic E-state index is -0.672. The van der Waals surface area contributed by atoms with E-state index in [1.807, 2.05) is 0 Å². The topological polar surface area (TPSA) is 37.3 Å². The molecule has 112 valence electrons. The molecule has 0 aromatic rings. The molecular formula is C17H32O2. The van der Waals surface area contributed by atoms with Crippen molar-refractivity contribution in [2.24, 2.45) is 0 Å². The molecule has 0 aliphatic carbocycles. The zero-order valence-corrected chi connectivity index (χ0v) is 12.7. The summed E-state index contributed by atoms with van der Waals surface area (Å²) in [6.45, 7) is 2.26. The van der Waals surface area contributed by atoms with Crippen molar-refractivity contribution in [2.75, 3.05) is 0 Å². The summed E-state index contributed by atoms with van der Waals surface area (Å²) in [7, 11) is 0. The molecule has 0 aromatic heterocycles. The Balaban J connectivity index is 3.07. The third-order valence-corrected chi connectivity index (χ3v) is 3.40. The van der Waals surface area contributed by atoms with E-state index in [1.54, 1.807) is 0 Å². The fourth-order valence-electron chi connectivity index (χ4n) is 2.17. The van der Waals surface area contributed by atoms with E-state index >= 15 is 0 Å². The Morgan fingerprint density at radius 3 is 1.79 bits per heavy atom. The van der Waals surface area contributed by atoms with Gasteiger partial charge in [0.25, 0.3) is 0 Å². The average molecular weight is 268 g/mol. The normalized spacial score (nSPS) is 11.2. The number of allylic oxidation sites excluding steroid dienone is 2. The highest BCUT2D eigenvalue weighted by Crippen LogP contribution is 2.09. The van der Waals surface area contributed by atoms with Crippen LogP contribution >= 0.6 is 0 Å². The molecule has 0 radical (unpaired) electrons. The fraction of sp³-hybridized carbons (Fsp3) is 0.824. The Hall–Kier alpha value is -0.790. The lowest BCUT2D eigenvalue weighted by atomic mass is 10.1. The van der Waals surface area contributed by atoms with Crippen LogP contribution < -0.4 is 0 Å². The van der Waals surface area contributed by atoms with Crippen molar-refractivity contribution in [3.8, 4) is 0 Å². The van der Waals surface area contributed by atoms with E-state index in [4.69, 9.17) is 5.11 Å². The number of aliphatic carboxylic acids is 1. The maximum Gasteiger partial charge on any atom is 0.303 e. The van der Waals surface area contributed by atoms with E-state index in [9.17, 15) is 4.79 Å². The average Bonchev–Trinajstić information content (AvgIpc) is 2.39. The minimum absolute atomic E-state index is 0.321. The Morgan fingerprint density at radius 1 is 0.789 bits per heavy atom. The molecule has 0 bridgehead atoms. The third kappa shape index (κ3) is 17.2. The first-order valence-electron chi connectivity index (χ1n) is 8.14. The van der Waals surface area contributed by atoms with Crippen molar-refractivity contribution in [2.45, 2.75) is 90.4 Å². The molecular weight excluding hydrogens is 236 g/mol. The van der Waals surface area contributed by atoms with Gasteiger partial charge in [-0.05, 0) is 32.1 Å². The van der Waals surface area contributed by atoms with Gasteiger partial charge in [0.2, 0.25) is 0 Å². The van der Waals surface area contributed by atoms with E-state index in [2.05, 4.69) is 19.1 Å². The molecule has 19 heavy (non-hydrogen) atoms. The van der Waals surface area contributed by atoms with Crippen LogP contribution in [0.25, 0.3) is 0 Å². The van der Waals surface area contributed by atoms with Crippen LogP contribution in [0.4, 0.5) is 0 Å². The first-order valence-corrected chi connectivity index (χ1v) is 8.14. The quantitative estimate of drug-likeness (QED) is 0.323. The molecule has 2 heteroatoms. The second kappa shape index (κ2) is 15.3. The SMILES string of the molecule is CCCCCCCCC/C=C\CCCCCC(=O)O. The van der Waals surface area contributed by atoms with Gasteiger partial charge in [0.05, 0.1) is 0 Å². The van der Waals surface area contributed by atoms with Crippen LogP contribution in [-0.2, 0) is 4.79 Å². The summed E-state index contributed by atoms with van der Waals surface area (Å²) in [6, 6.07) is 0. The Labute approximate surface area is 119 Å². The monoisotopic (exact) mass is 268 g/mol.